The van der Waals surface area contributed by atoms with Crippen LogP contribution in [0.5, 0.6) is 5.75 Å². The minimum Gasteiger partial charge on any atom is -0.490 e. The van der Waals surface area contributed by atoms with Gasteiger partial charge >= 0.3 is 0 Å². The second-order valence-electron chi connectivity index (χ2n) is 5.08. The summed E-state index contributed by atoms with van der Waals surface area (Å²) in [7, 11) is 0. The van der Waals surface area contributed by atoms with Crippen molar-refractivity contribution in [3.63, 3.8) is 0 Å². The molecule has 0 radical (unpaired) electrons. The molecule has 17 heavy (non-hydrogen) atoms. The predicted molar refractivity (Wildman–Crippen MR) is 68.5 cm³/mol. The van der Waals surface area contributed by atoms with Gasteiger partial charge in [-0.15, -0.1) is 0 Å². The fourth-order valence-electron chi connectivity index (χ4n) is 2.33. The lowest BCUT2D eigenvalue weighted by Crippen LogP contribution is -2.23. The molecule has 92 valence electrons. The van der Waals surface area contributed by atoms with E-state index in [1.165, 1.54) is 12.8 Å². The van der Waals surface area contributed by atoms with Crippen LogP contribution in [0.2, 0.25) is 0 Å². The summed E-state index contributed by atoms with van der Waals surface area (Å²) in [5.74, 6) is 1.75. The molecular weight excluding hydrogens is 212 g/mol. The van der Waals surface area contributed by atoms with Gasteiger partial charge in [0, 0.05) is 5.56 Å². The van der Waals surface area contributed by atoms with Gasteiger partial charge in [0.15, 0.2) is 5.78 Å². The quantitative estimate of drug-likeness (QED) is 0.740. The van der Waals surface area contributed by atoms with Crippen molar-refractivity contribution in [1.29, 1.82) is 0 Å². The standard InChI is InChI=1S/C15H20O2/c1-11-6-8-14(9-7-11)17-15-5-3-4-13(10-15)12(2)16/h3-5,10-11,14H,6-9H2,1-2H3. The van der Waals surface area contributed by atoms with Gasteiger partial charge in [-0.25, -0.2) is 0 Å². The molecule has 2 heteroatoms. The van der Waals surface area contributed by atoms with E-state index < -0.39 is 0 Å². The van der Waals surface area contributed by atoms with Gasteiger partial charge in [-0.1, -0.05) is 19.1 Å². The maximum atomic E-state index is 11.3. The van der Waals surface area contributed by atoms with Crippen LogP contribution < -0.4 is 4.74 Å². The predicted octanol–water partition coefficient (Wildman–Crippen LogP) is 3.85. The smallest absolute Gasteiger partial charge is 0.159 e. The molecule has 0 unspecified atom stereocenters. The molecule has 1 aromatic rings. The zero-order chi connectivity index (χ0) is 12.3. The molecule has 1 fully saturated rings. The van der Waals surface area contributed by atoms with Crippen molar-refractivity contribution < 1.29 is 9.53 Å². The first kappa shape index (κ1) is 12.2. The van der Waals surface area contributed by atoms with E-state index in [4.69, 9.17) is 4.74 Å². The van der Waals surface area contributed by atoms with E-state index in [-0.39, 0.29) is 5.78 Å². The Balaban J connectivity index is 1.98. The monoisotopic (exact) mass is 232 g/mol. The number of Topliss-reactive ketones (excluding diaryl/α,β-unsaturated/α-hetero) is 1. The normalized spacial score (nSPS) is 24.4. The number of hydrogen-bond acceptors (Lipinski definition) is 2. The molecule has 0 aliphatic heterocycles. The second-order valence-corrected chi connectivity index (χ2v) is 5.08. The van der Waals surface area contributed by atoms with Crippen molar-refractivity contribution in [2.45, 2.75) is 45.6 Å². The van der Waals surface area contributed by atoms with Crippen LogP contribution in [0.4, 0.5) is 0 Å². The topological polar surface area (TPSA) is 26.3 Å². The first-order valence-electron chi connectivity index (χ1n) is 6.43. The largest absolute Gasteiger partial charge is 0.490 e. The summed E-state index contributed by atoms with van der Waals surface area (Å²) in [5, 5.41) is 0. The number of rotatable bonds is 3. The van der Waals surface area contributed by atoms with E-state index in [0.717, 1.165) is 30.1 Å². The summed E-state index contributed by atoms with van der Waals surface area (Å²) in [4.78, 5) is 11.3. The lowest BCUT2D eigenvalue weighted by molar-refractivity contribution is 0.101. The lowest BCUT2D eigenvalue weighted by atomic mass is 9.89. The van der Waals surface area contributed by atoms with Crippen molar-refractivity contribution in [2.75, 3.05) is 0 Å². The number of carbonyl (C=O) groups excluding carboxylic acids is 1. The molecule has 0 atom stereocenters. The van der Waals surface area contributed by atoms with Gasteiger partial charge in [0.2, 0.25) is 0 Å². The van der Waals surface area contributed by atoms with Crippen LogP contribution in [-0.2, 0) is 0 Å². The fraction of sp³-hybridized carbons (Fsp3) is 0.533. The zero-order valence-electron chi connectivity index (χ0n) is 10.6. The average molecular weight is 232 g/mol. The Hall–Kier alpha value is -1.31. The van der Waals surface area contributed by atoms with Gasteiger partial charge in [-0.3, -0.25) is 4.79 Å². The highest BCUT2D eigenvalue weighted by molar-refractivity contribution is 5.94. The molecule has 2 nitrogen and oxygen atoms in total. The van der Waals surface area contributed by atoms with Crippen LogP contribution in [0.3, 0.4) is 0 Å². The van der Waals surface area contributed by atoms with Gasteiger partial charge in [0.05, 0.1) is 6.10 Å². The lowest BCUT2D eigenvalue weighted by Gasteiger charge is -2.26. The van der Waals surface area contributed by atoms with Crippen LogP contribution in [0.15, 0.2) is 24.3 Å². The molecule has 2 rings (SSSR count). The molecule has 1 saturated carbocycles. The zero-order valence-corrected chi connectivity index (χ0v) is 10.6. The van der Waals surface area contributed by atoms with Crippen molar-refractivity contribution in [3.05, 3.63) is 29.8 Å². The number of benzene rings is 1. The minimum atomic E-state index is 0.0905. The van der Waals surface area contributed by atoms with Crippen LogP contribution >= 0.6 is 0 Å². The molecule has 1 aliphatic carbocycles. The third-order valence-corrected chi connectivity index (χ3v) is 3.51. The Morgan fingerprint density at radius 3 is 2.59 bits per heavy atom. The first-order chi connectivity index (χ1) is 8.15. The summed E-state index contributed by atoms with van der Waals surface area (Å²) in [6, 6.07) is 7.50. The maximum absolute atomic E-state index is 11.3. The van der Waals surface area contributed by atoms with Crippen LogP contribution in [-0.4, -0.2) is 11.9 Å². The Bertz CT molecular complexity index is 390. The molecule has 1 aliphatic rings. The SMILES string of the molecule is CC(=O)c1cccc(OC2CCC(C)CC2)c1. The van der Waals surface area contributed by atoms with E-state index in [1.54, 1.807) is 6.92 Å². The molecule has 0 heterocycles. The summed E-state index contributed by atoms with van der Waals surface area (Å²) >= 11 is 0. The molecule has 0 amide bonds. The van der Waals surface area contributed by atoms with Crippen LogP contribution in [0.1, 0.15) is 49.9 Å². The maximum Gasteiger partial charge on any atom is 0.159 e. The molecular formula is C15H20O2. The molecule has 0 aromatic heterocycles. The van der Waals surface area contributed by atoms with E-state index in [2.05, 4.69) is 6.92 Å². The Morgan fingerprint density at radius 2 is 1.94 bits per heavy atom. The summed E-state index contributed by atoms with van der Waals surface area (Å²) in [5.41, 5.74) is 0.728. The van der Waals surface area contributed by atoms with Crippen molar-refractivity contribution in [1.82, 2.24) is 0 Å². The Labute approximate surface area is 103 Å². The average Bonchev–Trinajstić information content (AvgIpc) is 2.32. The number of carbonyl (C=O) groups is 1. The summed E-state index contributed by atoms with van der Waals surface area (Å²) < 4.78 is 5.94. The van der Waals surface area contributed by atoms with Crippen LogP contribution in [0, 0.1) is 5.92 Å². The number of ether oxygens (including phenoxy) is 1. The molecule has 0 bridgehead atoms. The van der Waals surface area contributed by atoms with Gasteiger partial charge in [-0.2, -0.15) is 0 Å². The van der Waals surface area contributed by atoms with Crippen molar-refractivity contribution >= 4 is 5.78 Å². The van der Waals surface area contributed by atoms with Gasteiger partial charge < -0.3 is 4.74 Å². The van der Waals surface area contributed by atoms with Gasteiger partial charge in [0.1, 0.15) is 5.75 Å². The summed E-state index contributed by atoms with van der Waals surface area (Å²) in [6.45, 7) is 3.88. The minimum absolute atomic E-state index is 0.0905. The molecule has 0 N–H and O–H groups in total. The number of ketones is 1. The van der Waals surface area contributed by atoms with Gasteiger partial charge in [-0.05, 0) is 50.7 Å². The first-order valence-corrected chi connectivity index (χ1v) is 6.43. The fourth-order valence-corrected chi connectivity index (χ4v) is 2.33. The highest BCUT2D eigenvalue weighted by Crippen LogP contribution is 2.27. The highest BCUT2D eigenvalue weighted by Gasteiger charge is 2.19. The Kier molecular flexibility index (Phi) is 3.82. The van der Waals surface area contributed by atoms with Crippen molar-refractivity contribution in [3.8, 4) is 5.75 Å². The highest BCUT2D eigenvalue weighted by atomic mass is 16.5. The summed E-state index contributed by atoms with van der Waals surface area (Å²) in [6.07, 6.45) is 5.08. The van der Waals surface area contributed by atoms with Gasteiger partial charge in [0.25, 0.3) is 0 Å². The Morgan fingerprint density at radius 1 is 1.24 bits per heavy atom. The van der Waals surface area contributed by atoms with E-state index in [1.807, 2.05) is 24.3 Å². The van der Waals surface area contributed by atoms with Crippen LogP contribution in [0.25, 0.3) is 0 Å². The van der Waals surface area contributed by atoms with E-state index in [0.29, 0.717) is 6.10 Å². The third kappa shape index (κ3) is 3.32. The second kappa shape index (κ2) is 5.35. The molecule has 1 aromatic carbocycles. The molecule has 0 saturated heterocycles. The van der Waals surface area contributed by atoms with Crippen molar-refractivity contribution in [2.24, 2.45) is 5.92 Å². The van der Waals surface area contributed by atoms with E-state index in [9.17, 15) is 4.79 Å². The number of hydrogen-bond donors (Lipinski definition) is 0. The molecule has 0 spiro atoms. The third-order valence-electron chi connectivity index (χ3n) is 3.51. The van der Waals surface area contributed by atoms with E-state index >= 15 is 0 Å².